The number of thioether (sulfide) groups is 1. The van der Waals surface area contributed by atoms with E-state index in [1.54, 1.807) is 0 Å². The number of amides is 3. The largest absolute Gasteiger partial charge is 0.336 e. The van der Waals surface area contributed by atoms with Crippen molar-refractivity contribution >= 4 is 23.7 Å². The van der Waals surface area contributed by atoms with Crippen molar-refractivity contribution in [3.63, 3.8) is 0 Å². The summed E-state index contributed by atoms with van der Waals surface area (Å²) in [6, 6.07) is 9.40. The molecular formula is C14H15N5O2S. The maximum absolute atomic E-state index is 12.0. The van der Waals surface area contributed by atoms with Gasteiger partial charge in [0.05, 0.1) is 5.75 Å². The molecule has 1 aliphatic heterocycles. The molecule has 1 fully saturated rings. The first-order chi connectivity index (χ1) is 10.7. The number of nitrogens with zero attached hydrogens (tertiary/aromatic N) is 4. The second-order valence-corrected chi connectivity index (χ2v) is 5.74. The summed E-state index contributed by atoms with van der Waals surface area (Å²) in [6.07, 6.45) is 0. The van der Waals surface area contributed by atoms with Crippen LogP contribution in [0, 0.1) is 0 Å². The zero-order chi connectivity index (χ0) is 15.5. The summed E-state index contributed by atoms with van der Waals surface area (Å²) in [5, 5.41) is 11.5. The molecule has 22 heavy (non-hydrogen) atoms. The first-order valence-electron chi connectivity index (χ1n) is 6.82. The fraction of sp³-hybridized carbons (Fsp3) is 0.286. The number of carbonyl (C=O) groups excluding carboxylic acids is 2. The molecule has 1 aromatic carbocycles. The third-order valence-corrected chi connectivity index (χ3v) is 4.35. The first-order valence-corrected chi connectivity index (χ1v) is 7.81. The Morgan fingerprint density at radius 3 is 2.77 bits per heavy atom. The molecule has 2 heterocycles. The van der Waals surface area contributed by atoms with Crippen LogP contribution in [0.2, 0.25) is 0 Å². The van der Waals surface area contributed by atoms with Crippen molar-refractivity contribution in [2.45, 2.75) is 5.16 Å². The highest BCUT2D eigenvalue weighted by atomic mass is 32.2. The second-order valence-electron chi connectivity index (χ2n) is 4.80. The second kappa shape index (κ2) is 6.18. The van der Waals surface area contributed by atoms with Gasteiger partial charge in [0.2, 0.25) is 5.91 Å². The van der Waals surface area contributed by atoms with Crippen molar-refractivity contribution in [2.24, 2.45) is 7.05 Å². The van der Waals surface area contributed by atoms with Crippen LogP contribution in [0.4, 0.5) is 4.79 Å². The molecule has 2 aromatic rings. The Bertz CT molecular complexity index is 701. The molecular weight excluding hydrogens is 302 g/mol. The van der Waals surface area contributed by atoms with Crippen molar-refractivity contribution < 1.29 is 9.59 Å². The van der Waals surface area contributed by atoms with Crippen LogP contribution in [0.1, 0.15) is 0 Å². The van der Waals surface area contributed by atoms with Gasteiger partial charge in [-0.05, 0) is 0 Å². The summed E-state index contributed by atoms with van der Waals surface area (Å²) in [5.41, 5.74) is 0.967. The topological polar surface area (TPSA) is 80.1 Å². The molecule has 0 spiro atoms. The quantitative estimate of drug-likeness (QED) is 0.855. The molecule has 3 rings (SSSR count). The van der Waals surface area contributed by atoms with Gasteiger partial charge in [-0.3, -0.25) is 9.69 Å². The van der Waals surface area contributed by atoms with Gasteiger partial charge in [-0.2, -0.15) is 0 Å². The monoisotopic (exact) mass is 317 g/mol. The van der Waals surface area contributed by atoms with Gasteiger partial charge in [-0.25, -0.2) is 4.79 Å². The Balaban J connectivity index is 1.68. The highest BCUT2D eigenvalue weighted by Gasteiger charge is 2.26. The summed E-state index contributed by atoms with van der Waals surface area (Å²) >= 11 is 1.28. The van der Waals surface area contributed by atoms with Gasteiger partial charge in [0.15, 0.2) is 11.0 Å². The standard InChI is InChI=1S/C14H15N5O2S/c1-18-12(10-5-3-2-4-6-10)16-17-14(18)22-9-11(20)19-8-7-15-13(19)21/h2-6H,7-9H2,1H3,(H,15,21). The predicted molar refractivity (Wildman–Crippen MR) is 82.3 cm³/mol. The van der Waals surface area contributed by atoms with Crippen LogP contribution in [-0.2, 0) is 11.8 Å². The number of urea groups is 1. The van der Waals surface area contributed by atoms with Crippen LogP contribution >= 0.6 is 11.8 Å². The van der Waals surface area contributed by atoms with Gasteiger partial charge < -0.3 is 9.88 Å². The van der Waals surface area contributed by atoms with Crippen molar-refractivity contribution in [3.05, 3.63) is 30.3 Å². The summed E-state index contributed by atoms with van der Waals surface area (Å²) in [4.78, 5) is 24.7. The third kappa shape index (κ3) is 2.82. The lowest BCUT2D eigenvalue weighted by Gasteiger charge is -2.11. The molecule has 8 heteroatoms. The summed E-state index contributed by atoms with van der Waals surface area (Å²) < 4.78 is 1.84. The number of imide groups is 1. The Morgan fingerprint density at radius 2 is 2.09 bits per heavy atom. The minimum atomic E-state index is -0.325. The van der Waals surface area contributed by atoms with E-state index in [0.717, 1.165) is 11.4 Å². The van der Waals surface area contributed by atoms with Gasteiger partial charge in [0, 0.05) is 25.7 Å². The van der Waals surface area contributed by atoms with Crippen molar-refractivity contribution in [3.8, 4) is 11.4 Å². The van der Waals surface area contributed by atoms with E-state index in [2.05, 4.69) is 15.5 Å². The number of aromatic nitrogens is 3. The number of benzene rings is 1. The minimum Gasteiger partial charge on any atom is -0.336 e. The fourth-order valence-corrected chi connectivity index (χ4v) is 2.98. The zero-order valence-corrected chi connectivity index (χ0v) is 12.8. The van der Waals surface area contributed by atoms with Crippen molar-refractivity contribution in [1.82, 2.24) is 25.0 Å². The molecule has 1 saturated heterocycles. The van der Waals surface area contributed by atoms with Crippen LogP contribution in [-0.4, -0.2) is 50.4 Å². The Labute approximate surface area is 131 Å². The SMILES string of the molecule is Cn1c(SCC(=O)N2CCNC2=O)nnc1-c1ccccc1. The number of nitrogens with one attached hydrogen (secondary N) is 1. The van der Waals surface area contributed by atoms with E-state index < -0.39 is 0 Å². The lowest BCUT2D eigenvalue weighted by molar-refractivity contribution is -0.124. The lowest BCUT2D eigenvalue weighted by Crippen LogP contribution is -2.35. The molecule has 0 atom stereocenters. The number of hydrogen-bond acceptors (Lipinski definition) is 5. The number of hydrogen-bond donors (Lipinski definition) is 1. The Morgan fingerprint density at radius 1 is 1.32 bits per heavy atom. The molecule has 0 radical (unpaired) electrons. The Hall–Kier alpha value is -2.35. The smallest absolute Gasteiger partial charge is 0.324 e. The molecule has 1 N–H and O–H groups in total. The maximum Gasteiger partial charge on any atom is 0.324 e. The van der Waals surface area contributed by atoms with Crippen molar-refractivity contribution in [1.29, 1.82) is 0 Å². The maximum atomic E-state index is 12.0. The number of carbonyl (C=O) groups is 2. The Kier molecular flexibility index (Phi) is 4.10. The molecule has 1 aliphatic rings. The van der Waals surface area contributed by atoms with Crippen LogP contribution in [0.3, 0.4) is 0 Å². The third-order valence-electron chi connectivity index (χ3n) is 3.35. The molecule has 0 bridgehead atoms. The fourth-order valence-electron chi connectivity index (χ4n) is 2.19. The number of rotatable bonds is 4. The molecule has 7 nitrogen and oxygen atoms in total. The van der Waals surface area contributed by atoms with Crippen molar-refractivity contribution in [2.75, 3.05) is 18.8 Å². The van der Waals surface area contributed by atoms with Gasteiger partial charge in [-0.15, -0.1) is 10.2 Å². The molecule has 114 valence electrons. The summed E-state index contributed by atoms with van der Waals surface area (Å²) in [7, 11) is 1.86. The predicted octanol–water partition coefficient (Wildman–Crippen LogP) is 1.13. The first kappa shape index (κ1) is 14.6. The van der Waals surface area contributed by atoms with E-state index in [9.17, 15) is 9.59 Å². The summed E-state index contributed by atoms with van der Waals surface area (Å²) in [5.74, 6) is 0.687. The molecule has 0 aliphatic carbocycles. The molecule has 0 saturated carbocycles. The van der Waals surface area contributed by atoms with E-state index >= 15 is 0 Å². The lowest BCUT2D eigenvalue weighted by atomic mass is 10.2. The van der Waals surface area contributed by atoms with E-state index in [4.69, 9.17) is 0 Å². The van der Waals surface area contributed by atoms with Crippen LogP contribution in [0.25, 0.3) is 11.4 Å². The molecule has 3 amide bonds. The van der Waals surface area contributed by atoms with Gasteiger partial charge in [0.1, 0.15) is 0 Å². The van der Waals surface area contributed by atoms with E-state index in [-0.39, 0.29) is 17.7 Å². The van der Waals surface area contributed by atoms with E-state index in [1.165, 1.54) is 16.7 Å². The molecule has 1 aromatic heterocycles. The average molecular weight is 317 g/mol. The summed E-state index contributed by atoms with van der Waals surface area (Å²) in [6.45, 7) is 0.934. The zero-order valence-electron chi connectivity index (χ0n) is 12.0. The van der Waals surface area contributed by atoms with Crippen LogP contribution in [0.15, 0.2) is 35.5 Å². The van der Waals surface area contributed by atoms with Gasteiger partial charge >= 0.3 is 6.03 Å². The van der Waals surface area contributed by atoms with Gasteiger partial charge in [-0.1, -0.05) is 42.1 Å². The highest BCUT2D eigenvalue weighted by Crippen LogP contribution is 2.22. The average Bonchev–Trinajstić information content (AvgIpc) is 3.12. The molecule has 0 unspecified atom stereocenters. The van der Waals surface area contributed by atoms with Gasteiger partial charge in [0.25, 0.3) is 0 Å². The van der Waals surface area contributed by atoms with Crippen LogP contribution in [0.5, 0.6) is 0 Å². The van der Waals surface area contributed by atoms with Crippen LogP contribution < -0.4 is 5.32 Å². The van der Waals surface area contributed by atoms with E-state index in [0.29, 0.717) is 18.2 Å². The highest BCUT2D eigenvalue weighted by molar-refractivity contribution is 7.99. The van der Waals surface area contributed by atoms with E-state index in [1.807, 2.05) is 41.9 Å². The minimum absolute atomic E-state index is 0.161. The normalized spacial score (nSPS) is 14.2.